The highest BCUT2D eigenvalue weighted by Crippen LogP contribution is 2.45. The number of ether oxygens (including phenoxy) is 2. The second-order valence-electron chi connectivity index (χ2n) is 9.50. The van der Waals surface area contributed by atoms with Crippen LogP contribution in [0.5, 0.6) is 11.5 Å². The van der Waals surface area contributed by atoms with Gasteiger partial charge in [-0.2, -0.15) is 0 Å². The molecule has 2 aliphatic rings. The van der Waals surface area contributed by atoms with Gasteiger partial charge in [-0.3, -0.25) is 14.5 Å². The van der Waals surface area contributed by atoms with Crippen LogP contribution < -0.4 is 19.7 Å². The maximum absolute atomic E-state index is 14.0. The second-order valence-corrected chi connectivity index (χ2v) is 9.50. The lowest BCUT2D eigenvalue weighted by atomic mass is 9.78. The Kier molecular flexibility index (Phi) is 6.94. The number of methoxy groups -OCH3 is 2. The Hall–Kier alpha value is -3.80. The first-order valence-electron chi connectivity index (χ1n) is 12.6. The van der Waals surface area contributed by atoms with Gasteiger partial charge in [0.15, 0.2) is 0 Å². The van der Waals surface area contributed by atoms with E-state index < -0.39 is 12.0 Å². The van der Waals surface area contributed by atoms with Gasteiger partial charge in [-0.15, -0.1) is 0 Å². The Morgan fingerprint density at radius 3 is 2.08 bits per heavy atom. The molecular formula is C30H32N2O4. The molecule has 2 atom stereocenters. The smallest absolute Gasteiger partial charge is 0.259 e. The minimum absolute atomic E-state index is 0.0406. The summed E-state index contributed by atoms with van der Waals surface area (Å²) in [7, 11) is 3.24. The fourth-order valence-corrected chi connectivity index (χ4v) is 5.52. The van der Waals surface area contributed by atoms with Gasteiger partial charge in [0.2, 0.25) is 5.91 Å². The molecule has 0 unspecified atom stereocenters. The Bertz CT molecular complexity index is 1220. The standard InChI is InChI=1S/C30H32N2O4/c1-35-23-16-12-20(13-17-23)28-27(29(33)31-21-8-4-3-5-9-21)25-10-6-7-11-26(25)30(34)32(28)22-14-18-24(36-2)19-15-22/h6-7,10-19,21,27-28H,3-5,8-9H2,1-2H3,(H,31,33)/t27-,28-/m1/s1. The fraction of sp³-hybridized carbons (Fsp3) is 0.333. The van der Waals surface area contributed by atoms with Gasteiger partial charge in [-0.25, -0.2) is 0 Å². The van der Waals surface area contributed by atoms with Crippen molar-refractivity contribution in [3.8, 4) is 11.5 Å². The van der Waals surface area contributed by atoms with E-state index >= 15 is 0 Å². The number of amides is 2. The summed E-state index contributed by atoms with van der Waals surface area (Å²) in [6.07, 6.45) is 5.46. The summed E-state index contributed by atoms with van der Waals surface area (Å²) in [6.45, 7) is 0. The molecule has 1 saturated carbocycles. The van der Waals surface area contributed by atoms with Crippen LogP contribution in [0.25, 0.3) is 0 Å². The lowest BCUT2D eigenvalue weighted by Gasteiger charge is -2.42. The minimum atomic E-state index is -0.559. The van der Waals surface area contributed by atoms with Crippen LogP contribution >= 0.6 is 0 Å². The number of hydrogen-bond donors (Lipinski definition) is 1. The number of benzene rings is 3. The predicted molar refractivity (Wildman–Crippen MR) is 140 cm³/mol. The van der Waals surface area contributed by atoms with Crippen molar-refractivity contribution in [2.45, 2.75) is 50.1 Å². The van der Waals surface area contributed by atoms with Crippen molar-refractivity contribution in [3.63, 3.8) is 0 Å². The fourth-order valence-electron chi connectivity index (χ4n) is 5.52. The first-order valence-corrected chi connectivity index (χ1v) is 12.6. The van der Waals surface area contributed by atoms with Gasteiger partial charge in [0.1, 0.15) is 11.5 Å². The number of anilines is 1. The van der Waals surface area contributed by atoms with E-state index in [1.54, 1.807) is 19.1 Å². The molecular weight excluding hydrogens is 452 g/mol. The van der Waals surface area contributed by atoms with Crippen molar-refractivity contribution in [2.75, 3.05) is 19.1 Å². The van der Waals surface area contributed by atoms with Crippen LogP contribution in [0.3, 0.4) is 0 Å². The minimum Gasteiger partial charge on any atom is -0.497 e. The Morgan fingerprint density at radius 2 is 1.44 bits per heavy atom. The average Bonchev–Trinajstić information content (AvgIpc) is 2.93. The molecule has 0 bridgehead atoms. The average molecular weight is 485 g/mol. The quantitative estimate of drug-likeness (QED) is 0.492. The van der Waals surface area contributed by atoms with Crippen molar-refractivity contribution in [2.24, 2.45) is 0 Å². The number of rotatable bonds is 6. The molecule has 3 aromatic rings. The molecule has 36 heavy (non-hydrogen) atoms. The van der Waals surface area contributed by atoms with Crippen LogP contribution in [0.1, 0.15) is 65.5 Å². The summed E-state index contributed by atoms with van der Waals surface area (Å²) in [4.78, 5) is 29.8. The zero-order valence-electron chi connectivity index (χ0n) is 20.8. The number of carbonyl (C=O) groups is 2. The van der Waals surface area contributed by atoms with Crippen molar-refractivity contribution in [1.29, 1.82) is 0 Å². The summed E-state index contributed by atoms with van der Waals surface area (Å²) < 4.78 is 10.7. The van der Waals surface area contributed by atoms with E-state index in [0.717, 1.165) is 42.6 Å². The molecule has 6 heteroatoms. The molecule has 186 valence electrons. The molecule has 0 aromatic heterocycles. The van der Waals surface area contributed by atoms with Gasteiger partial charge in [0, 0.05) is 17.3 Å². The van der Waals surface area contributed by atoms with Crippen molar-refractivity contribution >= 4 is 17.5 Å². The van der Waals surface area contributed by atoms with E-state index in [4.69, 9.17) is 9.47 Å². The van der Waals surface area contributed by atoms with Crippen LogP contribution in [0.15, 0.2) is 72.8 Å². The monoisotopic (exact) mass is 484 g/mol. The summed E-state index contributed by atoms with van der Waals surface area (Å²) in [5, 5.41) is 3.34. The topological polar surface area (TPSA) is 67.9 Å². The molecule has 0 radical (unpaired) electrons. The summed E-state index contributed by atoms with van der Waals surface area (Å²) in [6, 6.07) is 22.2. The van der Waals surface area contributed by atoms with Crippen LogP contribution in [-0.2, 0) is 4.79 Å². The Labute approximate surface area is 212 Å². The van der Waals surface area contributed by atoms with Crippen LogP contribution in [0.2, 0.25) is 0 Å². The number of fused-ring (bicyclic) bond motifs is 1. The molecule has 3 aromatic carbocycles. The normalized spacial score (nSPS) is 19.9. The SMILES string of the molecule is COc1ccc([C@@H]2[C@H](C(=O)NC3CCCCC3)c3ccccc3C(=O)N2c2ccc(OC)cc2)cc1. The van der Waals surface area contributed by atoms with E-state index in [2.05, 4.69) is 5.32 Å². The number of nitrogens with zero attached hydrogens (tertiary/aromatic N) is 1. The van der Waals surface area contributed by atoms with E-state index in [9.17, 15) is 9.59 Å². The van der Waals surface area contributed by atoms with Crippen LogP contribution in [0, 0.1) is 0 Å². The number of hydrogen-bond acceptors (Lipinski definition) is 4. The van der Waals surface area contributed by atoms with E-state index in [-0.39, 0.29) is 17.9 Å². The van der Waals surface area contributed by atoms with Gasteiger partial charge in [-0.1, -0.05) is 49.6 Å². The molecule has 1 fully saturated rings. The Morgan fingerprint density at radius 1 is 0.833 bits per heavy atom. The van der Waals surface area contributed by atoms with E-state index in [1.165, 1.54) is 6.42 Å². The van der Waals surface area contributed by atoms with Gasteiger partial charge >= 0.3 is 0 Å². The maximum Gasteiger partial charge on any atom is 0.259 e. The number of nitrogens with one attached hydrogen (secondary N) is 1. The maximum atomic E-state index is 14.0. The molecule has 6 nitrogen and oxygen atoms in total. The van der Waals surface area contributed by atoms with Gasteiger partial charge in [-0.05, 0) is 66.4 Å². The van der Waals surface area contributed by atoms with Gasteiger partial charge in [0.05, 0.1) is 26.2 Å². The molecule has 2 amide bonds. The molecule has 1 aliphatic heterocycles. The second kappa shape index (κ2) is 10.4. The first-order chi connectivity index (χ1) is 17.6. The zero-order valence-corrected chi connectivity index (χ0v) is 20.8. The van der Waals surface area contributed by atoms with Gasteiger partial charge < -0.3 is 14.8 Å². The first kappa shape index (κ1) is 23.9. The molecule has 5 rings (SSSR count). The summed E-state index contributed by atoms with van der Waals surface area (Å²) >= 11 is 0. The largest absolute Gasteiger partial charge is 0.497 e. The Balaban J connectivity index is 1.64. The summed E-state index contributed by atoms with van der Waals surface area (Å²) in [5.74, 6) is 0.701. The highest BCUT2D eigenvalue weighted by molar-refractivity contribution is 6.11. The third kappa shape index (κ3) is 4.55. The van der Waals surface area contributed by atoms with E-state index in [0.29, 0.717) is 17.0 Å². The lowest BCUT2D eigenvalue weighted by molar-refractivity contribution is -0.124. The molecule has 1 aliphatic carbocycles. The third-order valence-electron chi connectivity index (χ3n) is 7.38. The highest BCUT2D eigenvalue weighted by Gasteiger charge is 2.45. The molecule has 1 heterocycles. The van der Waals surface area contributed by atoms with Crippen molar-refractivity contribution < 1.29 is 19.1 Å². The van der Waals surface area contributed by atoms with Crippen LogP contribution in [-0.4, -0.2) is 32.1 Å². The number of carbonyl (C=O) groups excluding carboxylic acids is 2. The molecule has 1 N–H and O–H groups in total. The van der Waals surface area contributed by atoms with Crippen molar-refractivity contribution in [1.82, 2.24) is 5.32 Å². The van der Waals surface area contributed by atoms with Crippen LogP contribution in [0.4, 0.5) is 5.69 Å². The zero-order chi connectivity index (χ0) is 25.1. The van der Waals surface area contributed by atoms with Gasteiger partial charge in [0.25, 0.3) is 5.91 Å². The highest BCUT2D eigenvalue weighted by atomic mass is 16.5. The summed E-state index contributed by atoms with van der Waals surface area (Å²) in [5.41, 5.74) is 2.91. The molecule has 0 saturated heterocycles. The third-order valence-corrected chi connectivity index (χ3v) is 7.38. The predicted octanol–water partition coefficient (Wildman–Crippen LogP) is 5.64. The molecule has 0 spiro atoms. The van der Waals surface area contributed by atoms with Crippen molar-refractivity contribution in [3.05, 3.63) is 89.5 Å². The van der Waals surface area contributed by atoms with E-state index in [1.807, 2.05) is 72.8 Å². The lowest BCUT2D eigenvalue weighted by Crippen LogP contribution is -2.49.